The third-order valence-corrected chi connectivity index (χ3v) is 6.62. The number of ether oxygens (including phenoxy) is 1. The number of hydrogen-bond donors (Lipinski definition) is 1. The summed E-state index contributed by atoms with van der Waals surface area (Å²) >= 11 is 1.28. The molecule has 1 aromatic heterocycles. The minimum Gasteiger partial charge on any atom is -0.485 e. The SMILES string of the molecule is CC1Oc2ccccc2C=C1/C=C(\C#N)c1nc(-c2ccccc2)c(NC(=O)c2ccccc2)s1. The Labute approximate surface area is 207 Å². The highest BCUT2D eigenvalue weighted by molar-refractivity contribution is 7.17. The lowest BCUT2D eigenvalue weighted by Crippen LogP contribution is -2.17. The highest BCUT2D eigenvalue weighted by atomic mass is 32.1. The molecule has 0 saturated heterocycles. The Bertz CT molecular complexity index is 1480. The maximum absolute atomic E-state index is 12.9. The van der Waals surface area contributed by atoms with Gasteiger partial charge in [-0.3, -0.25) is 4.79 Å². The van der Waals surface area contributed by atoms with Gasteiger partial charge < -0.3 is 10.1 Å². The molecule has 1 unspecified atom stereocenters. The first-order valence-electron chi connectivity index (χ1n) is 11.1. The van der Waals surface area contributed by atoms with Gasteiger partial charge in [-0.05, 0) is 42.8 Å². The standard InChI is InChI=1S/C29H21N3O2S/c1-19-23(16-22-14-8-9-15-25(22)34-19)17-24(18-30)28-31-26(20-10-4-2-5-11-20)29(35-28)32-27(33)21-12-6-3-7-13-21/h2-17,19H,1H3,(H,32,33)/b24-17+. The number of carbonyl (C=O) groups is 1. The minimum absolute atomic E-state index is 0.209. The summed E-state index contributed by atoms with van der Waals surface area (Å²) in [5, 5.41) is 14.1. The molecule has 6 heteroatoms. The highest BCUT2D eigenvalue weighted by Crippen LogP contribution is 2.37. The Kier molecular flexibility index (Phi) is 6.25. The molecule has 35 heavy (non-hydrogen) atoms. The van der Waals surface area contributed by atoms with E-state index in [2.05, 4.69) is 11.4 Å². The zero-order valence-corrected chi connectivity index (χ0v) is 19.8. The molecule has 5 rings (SSSR count). The first kappa shape index (κ1) is 22.3. The van der Waals surface area contributed by atoms with E-state index in [0.717, 1.165) is 22.4 Å². The molecule has 1 N–H and O–H groups in total. The number of allylic oxidation sites excluding steroid dienone is 1. The third-order valence-electron chi connectivity index (χ3n) is 5.61. The average molecular weight is 476 g/mol. The molecule has 0 spiro atoms. The summed E-state index contributed by atoms with van der Waals surface area (Å²) in [4.78, 5) is 17.7. The lowest BCUT2D eigenvalue weighted by molar-refractivity contribution is 0.102. The van der Waals surface area contributed by atoms with Gasteiger partial charge >= 0.3 is 0 Å². The normalized spacial score (nSPS) is 14.8. The fraction of sp³-hybridized carbons (Fsp3) is 0.0690. The number of para-hydroxylation sites is 1. The highest BCUT2D eigenvalue weighted by Gasteiger charge is 2.21. The van der Waals surface area contributed by atoms with E-state index in [1.165, 1.54) is 11.3 Å². The van der Waals surface area contributed by atoms with Crippen LogP contribution in [0.4, 0.5) is 5.00 Å². The van der Waals surface area contributed by atoms with Crippen LogP contribution in [0.2, 0.25) is 0 Å². The average Bonchev–Trinajstić information content (AvgIpc) is 3.31. The van der Waals surface area contributed by atoms with Crippen molar-refractivity contribution in [1.82, 2.24) is 4.98 Å². The molecule has 1 aliphatic heterocycles. The fourth-order valence-electron chi connectivity index (χ4n) is 3.81. The summed E-state index contributed by atoms with van der Waals surface area (Å²) in [6.45, 7) is 1.95. The van der Waals surface area contributed by atoms with Crippen LogP contribution in [0.5, 0.6) is 5.75 Å². The molecule has 1 atom stereocenters. The van der Waals surface area contributed by atoms with E-state index in [-0.39, 0.29) is 12.0 Å². The van der Waals surface area contributed by atoms with Crippen molar-refractivity contribution in [2.24, 2.45) is 0 Å². The Morgan fingerprint density at radius 1 is 1.03 bits per heavy atom. The topological polar surface area (TPSA) is 75.0 Å². The fourth-order valence-corrected chi connectivity index (χ4v) is 4.76. The Hall–Kier alpha value is -4.47. The van der Waals surface area contributed by atoms with Gasteiger partial charge in [-0.15, -0.1) is 0 Å². The van der Waals surface area contributed by atoms with Gasteiger partial charge in [-0.25, -0.2) is 4.98 Å². The molecule has 0 fully saturated rings. The number of nitriles is 1. The monoisotopic (exact) mass is 475 g/mol. The largest absolute Gasteiger partial charge is 0.485 e. The number of benzene rings is 3. The number of aromatic nitrogens is 1. The van der Waals surface area contributed by atoms with Crippen molar-refractivity contribution in [3.05, 3.63) is 113 Å². The van der Waals surface area contributed by atoms with Gasteiger partial charge in [0.15, 0.2) is 0 Å². The van der Waals surface area contributed by atoms with Gasteiger partial charge in [0.2, 0.25) is 0 Å². The Morgan fingerprint density at radius 2 is 1.71 bits per heavy atom. The number of thiazole rings is 1. The van der Waals surface area contributed by atoms with Crippen LogP contribution in [0.1, 0.15) is 27.9 Å². The number of anilines is 1. The van der Waals surface area contributed by atoms with Crippen LogP contribution in [-0.2, 0) is 0 Å². The van der Waals surface area contributed by atoms with Crippen molar-refractivity contribution < 1.29 is 9.53 Å². The quantitative estimate of drug-likeness (QED) is 0.321. The number of hydrogen-bond acceptors (Lipinski definition) is 5. The van der Waals surface area contributed by atoms with E-state index < -0.39 is 0 Å². The first-order chi connectivity index (χ1) is 17.1. The van der Waals surface area contributed by atoms with Gasteiger partial charge in [0.25, 0.3) is 5.91 Å². The van der Waals surface area contributed by atoms with Crippen molar-refractivity contribution in [2.45, 2.75) is 13.0 Å². The zero-order valence-electron chi connectivity index (χ0n) is 18.9. The summed E-state index contributed by atoms with van der Waals surface area (Å²) in [5.41, 5.74) is 4.30. The van der Waals surface area contributed by atoms with E-state index in [9.17, 15) is 10.1 Å². The number of rotatable bonds is 5. The van der Waals surface area contributed by atoms with Crippen LogP contribution in [0.25, 0.3) is 22.9 Å². The second-order valence-electron chi connectivity index (χ2n) is 7.99. The van der Waals surface area contributed by atoms with E-state index in [0.29, 0.717) is 26.8 Å². The molecule has 2 heterocycles. The second kappa shape index (κ2) is 9.80. The van der Waals surface area contributed by atoms with Crippen LogP contribution < -0.4 is 10.1 Å². The molecule has 5 nitrogen and oxygen atoms in total. The van der Waals surface area contributed by atoms with E-state index in [1.807, 2.05) is 91.9 Å². The predicted octanol–water partition coefficient (Wildman–Crippen LogP) is 6.83. The maximum atomic E-state index is 12.9. The molecule has 0 bridgehead atoms. The Morgan fingerprint density at radius 3 is 2.46 bits per heavy atom. The molecule has 3 aromatic carbocycles. The van der Waals surface area contributed by atoms with Crippen molar-refractivity contribution in [2.75, 3.05) is 5.32 Å². The first-order valence-corrected chi connectivity index (χ1v) is 12.0. The van der Waals surface area contributed by atoms with Crippen LogP contribution in [0.3, 0.4) is 0 Å². The number of nitrogens with zero attached hydrogens (tertiary/aromatic N) is 2. The molecule has 170 valence electrons. The molecule has 0 aliphatic carbocycles. The molecule has 1 amide bonds. The zero-order chi connectivity index (χ0) is 24.2. The molecule has 0 saturated carbocycles. The lowest BCUT2D eigenvalue weighted by atomic mass is 10.0. The van der Waals surface area contributed by atoms with Crippen LogP contribution in [0.15, 0.2) is 96.6 Å². The molecular weight excluding hydrogens is 454 g/mol. The van der Waals surface area contributed by atoms with Crippen molar-refractivity contribution in [1.29, 1.82) is 5.26 Å². The van der Waals surface area contributed by atoms with E-state index in [4.69, 9.17) is 9.72 Å². The minimum atomic E-state index is -0.228. The van der Waals surface area contributed by atoms with Crippen molar-refractivity contribution in [3.63, 3.8) is 0 Å². The summed E-state index contributed by atoms with van der Waals surface area (Å²) in [6.07, 6.45) is 3.64. The lowest BCUT2D eigenvalue weighted by Gasteiger charge is -2.22. The molecular formula is C29H21N3O2S. The number of carbonyl (C=O) groups excluding carboxylic acids is 1. The van der Waals surface area contributed by atoms with Crippen molar-refractivity contribution in [3.8, 4) is 23.1 Å². The van der Waals surface area contributed by atoms with Gasteiger partial charge in [0, 0.05) is 16.7 Å². The smallest absolute Gasteiger partial charge is 0.256 e. The van der Waals surface area contributed by atoms with Crippen molar-refractivity contribution >= 4 is 33.9 Å². The molecule has 1 aliphatic rings. The van der Waals surface area contributed by atoms with Gasteiger partial charge in [-0.2, -0.15) is 5.26 Å². The summed E-state index contributed by atoms with van der Waals surface area (Å²) in [7, 11) is 0. The molecule has 4 aromatic rings. The van der Waals surface area contributed by atoms with Crippen LogP contribution in [0, 0.1) is 11.3 Å². The summed E-state index contributed by atoms with van der Waals surface area (Å²) in [6, 6.07) is 28.7. The van der Waals surface area contributed by atoms with Crippen LogP contribution >= 0.6 is 11.3 Å². The van der Waals surface area contributed by atoms with Gasteiger partial charge in [0.1, 0.15) is 33.6 Å². The van der Waals surface area contributed by atoms with E-state index >= 15 is 0 Å². The number of fused-ring (bicyclic) bond motifs is 1. The van der Waals surface area contributed by atoms with Gasteiger partial charge in [-0.1, -0.05) is 78.1 Å². The second-order valence-corrected chi connectivity index (χ2v) is 8.99. The number of amides is 1. The van der Waals surface area contributed by atoms with E-state index in [1.54, 1.807) is 12.1 Å². The van der Waals surface area contributed by atoms with Gasteiger partial charge in [0.05, 0.1) is 5.57 Å². The predicted molar refractivity (Wildman–Crippen MR) is 140 cm³/mol. The Balaban J connectivity index is 1.54. The third kappa shape index (κ3) is 4.77. The van der Waals surface area contributed by atoms with Crippen LogP contribution in [-0.4, -0.2) is 17.0 Å². The molecule has 0 radical (unpaired) electrons. The summed E-state index contributed by atoms with van der Waals surface area (Å²) < 4.78 is 6.03. The maximum Gasteiger partial charge on any atom is 0.256 e. The number of nitrogens with one attached hydrogen (secondary N) is 1. The summed E-state index contributed by atoms with van der Waals surface area (Å²) in [5.74, 6) is 0.594.